The second-order valence-corrected chi connectivity index (χ2v) is 4.00. The van der Waals surface area contributed by atoms with E-state index in [0.717, 1.165) is 18.5 Å². The third kappa shape index (κ3) is 1.11. The maximum absolute atomic E-state index is 13.0. The summed E-state index contributed by atoms with van der Waals surface area (Å²) in [5, 5.41) is 3.16. The molecule has 78 valence electrons. The number of rotatable bonds is 0. The molecule has 0 aliphatic carbocycles. The van der Waals surface area contributed by atoms with Crippen LogP contribution in [0.25, 0.3) is 0 Å². The lowest BCUT2D eigenvalue weighted by Crippen LogP contribution is -2.28. The molecule has 1 fully saturated rings. The van der Waals surface area contributed by atoms with Gasteiger partial charge in [-0.25, -0.2) is 9.18 Å². The first-order valence-corrected chi connectivity index (χ1v) is 4.95. The Morgan fingerprint density at radius 1 is 1.47 bits per heavy atom. The number of ether oxygens (including phenoxy) is 1. The van der Waals surface area contributed by atoms with Crippen LogP contribution < -0.4 is 5.32 Å². The molecular weight excluding hydrogens is 197 g/mol. The molecular formula is C11H10FNO2. The Hall–Kier alpha value is -1.42. The molecule has 2 aliphatic heterocycles. The molecule has 1 unspecified atom stereocenters. The quantitative estimate of drug-likeness (QED) is 0.649. The van der Waals surface area contributed by atoms with Crippen LogP contribution in [-0.2, 0) is 10.3 Å². The molecule has 1 atom stereocenters. The smallest absolute Gasteiger partial charge is 0.339 e. The van der Waals surface area contributed by atoms with Gasteiger partial charge in [-0.15, -0.1) is 0 Å². The fraction of sp³-hybridized carbons (Fsp3) is 0.364. The standard InChI is InChI=1S/C11H10FNO2/c12-7-1-2-9-8(5-7)10(14)15-11(9)3-4-13-6-11/h1-2,5,13H,3-4,6H2. The highest BCUT2D eigenvalue weighted by molar-refractivity contribution is 5.94. The molecule has 3 nitrogen and oxygen atoms in total. The minimum Gasteiger partial charge on any atom is -0.449 e. The van der Waals surface area contributed by atoms with Crippen LogP contribution in [0.2, 0.25) is 0 Å². The number of carbonyl (C=O) groups is 1. The van der Waals surface area contributed by atoms with E-state index in [1.165, 1.54) is 12.1 Å². The lowest BCUT2D eigenvalue weighted by molar-refractivity contribution is 0.00164. The van der Waals surface area contributed by atoms with Gasteiger partial charge in [0.05, 0.1) is 5.56 Å². The SMILES string of the molecule is O=C1OC2(CCNC2)c2ccc(F)cc21. The first-order valence-electron chi connectivity index (χ1n) is 4.95. The summed E-state index contributed by atoms with van der Waals surface area (Å²) in [6.45, 7) is 1.45. The Kier molecular flexibility index (Phi) is 1.65. The number of halogens is 1. The third-order valence-electron chi connectivity index (χ3n) is 3.10. The highest BCUT2D eigenvalue weighted by Crippen LogP contribution is 2.40. The Labute approximate surface area is 86.2 Å². The molecule has 1 spiro atoms. The van der Waals surface area contributed by atoms with E-state index in [0.29, 0.717) is 12.1 Å². The second-order valence-electron chi connectivity index (χ2n) is 4.00. The molecule has 3 rings (SSSR count). The van der Waals surface area contributed by atoms with Crippen molar-refractivity contribution in [2.24, 2.45) is 0 Å². The summed E-state index contributed by atoms with van der Waals surface area (Å²) in [6, 6.07) is 4.29. The fourth-order valence-electron chi connectivity index (χ4n) is 2.36. The average Bonchev–Trinajstić information content (AvgIpc) is 2.76. The van der Waals surface area contributed by atoms with Crippen molar-refractivity contribution in [2.45, 2.75) is 12.0 Å². The van der Waals surface area contributed by atoms with Crippen LogP contribution in [0, 0.1) is 5.82 Å². The topological polar surface area (TPSA) is 38.3 Å². The van der Waals surface area contributed by atoms with E-state index < -0.39 is 17.4 Å². The molecule has 0 bridgehead atoms. The monoisotopic (exact) mass is 207 g/mol. The van der Waals surface area contributed by atoms with Crippen molar-refractivity contribution in [1.82, 2.24) is 5.32 Å². The number of hydrogen-bond donors (Lipinski definition) is 1. The van der Waals surface area contributed by atoms with Crippen LogP contribution >= 0.6 is 0 Å². The number of fused-ring (bicyclic) bond motifs is 2. The summed E-state index contributed by atoms with van der Waals surface area (Å²) in [6.07, 6.45) is 0.761. The van der Waals surface area contributed by atoms with Gasteiger partial charge in [0, 0.05) is 18.5 Å². The van der Waals surface area contributed by atoms with Crippen LogP contribution in [0.15, 0.2) is 18.2 Å². The van der Waals surface area contributed by atoms with E-state index in [1.807, 2.05) is 0 Å². The van der Waals surface area contributed by atoms with Crippen molar-refractivity contribution >= 4 is 5.97 Å². The third-order valence-corrected chi connectivity index (χ3v) is 3.10. The van der Waals surface area contributed by atoms with Crippen molar-refractivity contribution in [2.75, 3.05) is 13.1 Å². The minimum absolute atomic E-state index is 0.374. The Morgan fingerprint density at radius 2 is 2.33 bits per heavy atom. The molecule has 1 saturated heterocycles. The van der Waals surface area contributed by atoms with E-state index in [2.05, 4.69) is 5.32 Å². The van der Waals surface area contributed by atoms with Gasteiger partial charge in [0.1, 0.15) is 5.82 Å². The van der Waals surface area contributed by atoms with Gasteiger partial charge in [0.2, 0.25) is 0 Å². The van der Waals surface area contributed by atoms with Crippen LogP contribution in [0.5, 0.6) is 0 Å². The van der Waals surface area contributed by atoms with Crippen molar-refractivity contribution in [1.29, 1.82) is 0 Å². The maximum Gasteiger partial charge on any atom is 0.339 e. The van der Waals surface area contributed by atoms with Crippen LogP contribution in [0.4, 0.5) is 4.39 Å². The summed E-state index contributed by atoms with van der Waals surface area (Å²) < 4.78 is 18.4. The van der Waals surface area contributed by atoms with Crippen molar-refractivity contribution in [3.8, 4) is 0 Å². The average molecular weight is 207 g/mol. The number of benzene rings is 1. The normalized spacial score (nSPS) is 28.2. The Bertz CT molecular complexity index is 438. The van der Waals surface area contributed by atoms with Gasteiger partial charge in [0.15, 0.2) is 5.60 Å². The van der Waals surface area contributed by atoms with E-state index in [4.69, 9.17) is 4.74 Å². The van der Waals surface area contributed by atoms with Gasteiger partial charge in [0.25, 0.3) is 0 Å². The number of esters is 1. The zero-order valence-corrected chi connectivity index (χ0v) is 8.05. The molecule has 0 amide bonds. The maximum atomic E-state index is 13.0. The van der Waals surface area contributed by atoms with Gasteiger partial charge < -0.3 is 10.1 Å². The summed E-state index contributed by atoms with van der Waals surface area (Å²) in [7, 11) is 0. The number of carbonyl (C=O) groups excluding carboxylic acids is 1. The zero-order valence-electron chi connectivity index (χ0n) is 8.05. The second kappa shape index (κ2) is 2.79. The van der Waals surface area contributed by atoms with Gasteiger partial charge in [-0.1, -0.05) is 6.07 Å². The number of nitrogens with one attached hydrogen (secondary N) is 1. The minimum atomic E-state index is -0.542. The predicted octanol–water partition coefficient (Wildman–Crippen LogP) is 1.18. The fourth-order valence-corrected chi connectivity index (χ4v) is 2.36. The van der Waals surface area contributed by atoms with E-state index in [-0.39, 0.29) is 0 Å². The molecule has 0 radical (unpaired) electrons. The summed E-state index contributed by atoms with van der Waals surface area (Å²) in [5.41, 5.74) is 0.651. The first-order chi connectivity index (χ1) is 7.21. The van der Waals surface area contributed by atoms with Crippen LogP contribution in [0.1, 0.15) is 22.3 Å². The van der Waals surface area contributed by atoms with Gasteiger partial charge in [-0.05, 0) is 18.7 Å². The van der Waals surface area contributed by atoms with Crippen molar-refractivity contribution < 1.29 is 13.9 Å². The molecule has 2 heterocycles. The molecule has 0 aromatic heterocycles. The van der Waals surface area contributed by atoms with Crippen molar-refractivity contribution in [3.05, 3.63) is 35.1 Å². The van der Waals surface area contributed by atoms with Gasteiger partial charge in [-0.3, -0.25) is 0 Å². The van der Waals surface area contributed by atoms with Gasteiger partial charge >= 0.3 is 5.97 Å². The van der Waals surface area contributed by atoms with E-state index >= 15 is 0 Å². The largest absolute Gasteiger partial charge is 0.449 e. The van der Waals surface area contributed by atoms with E-state index in [9.17, 15) is 9.18 Å². The molecule has 4 heteroatoms. The van der Waals surface area contributed by atoms with E-state index in [1.54, 1.807) is 6.07 Å². The lowest BCUT2D eigenvalue weighted by Gasteiger charge is -2.21. The lowest BCUT2D eigenvalue weighted by atomic mass is 9.91. The van der Waals surface area contributed by atoms with Crippen LogP contribution in [0.3, 0.4) is 0 Å². The molecule has 2 aliphatic rings. The Morgan fingerprint density at radius 3 is 3.07 bits per heavy atom. The van der Waals surface area contributed by atoms with Crippen LogP contribution in [-0.4, -0.2) is 19.1 Å². The van der Waals surface area contributed by atoms with Crippen molar-refractivity contribution in [3.63, 3.8) is 0 Å². The highest BCUT2D eigenvalue weighted by Gasteiger charge is 2.47. The molecule has 1 N–H and O–H groups in total. The molecule has 15 heavy (non-hydrogen) atoms. The highest BCUT2D eigenvalue weighted by atomic mass is 19.1. The summed E-state index contributed by atoms with van der Waals surface area (Å²) in [4.78, 5) is 11.6. The molecule has 1 aromatic carbocycles. The first kappa shape index (κ1) is 8.85. The predicted molar refractivity (Wildman–Crippen MR) is 51.0 cm³/mol. The summed E-state index contributed by atoms with van der Waals surface area (Å²) >= 11 is 0. The molecule has 0 saturated carbocycles. The molecule has 1 aromatic rings. The zero-order chi connectivity index (χ0) is 10.5. The van der Waals surface area contributed by atoms with Gasteiger partial charge in [-0.2, -0.15) is 0 Å². The number of hydrogen-bond acceptors (Lipinski definition) is 3. The Balaban J connectivity index is 2.17. The summed E-state index contributed by atoms with van der Waals surface area (Å²) in [5.74, 6) is -0.804.